The summed E-state index contributed by atoms with van der Waals surface area (Å²) in [5, 5.41) is 0. The fourth-order valence-electron chi connectivity index (χ4n) is 2.28. The van der Waals surface area contributed by atoms with Crippen LogP contribution in [-0.2, 0) is 19.2 Å². The van der Waals surface area contributed by atoms with Crippen LogP contribution >= 0.6 is 0 Å². The van der Waals surface area contributed by atoms with Crippen molar-refractivity contribution in [3.63, 3.8) is 0 Å². The van der Waals surface area contributed by atoms with Crippen molar-refractivity contribution in [3.05, 3.63) is 123 Å². The molecule has 1 aromatic rings. The van der Waals surface area contributed by atoms with Crippen LogP contribution in [0, 0.1) is 0 Å². The summed E-state index contributed by atoms with van der Waals surface area (Å²) < 4.78 is 13.2. The van der Waals surface area contributed by atoms with Gasteiger partial charge in [0.2, 0.25) is 0 Å². The van der Waals surface area contributed by atoms with E-state index in [1.54, 1.807) is 24.3 Å². The van der Waals surface area contributed by atoms with Gasteiger partial charge < -0.3 is 0 Å². The van der Waals surface area contributed by atoms with Gasteiger partial charge in [0.1, 0.15) is 0 Å². The molecule has 36 heavy (non-hydrogen) atoms. The van der Waals surface area contributed by atoms with E-state index in [0.717, 1.165) is 6.54 Å². The van der Waals surface area contributed by atoms with Crippen molar-refractivity contribution in [2.75, 3.05) is 0 Å². The molecule has 0 aromatic heterocycles. The van der Waals surface area contributed by atoms with Gasteiger partial charge in [-0.1, -0.05) is 0 Å². The van der Waals surface area contributed by atoms with Crippen LogP contribution in [0.3, 0.4) is 0 Å². The molecule has 0 aliphatic heterocycles. The Morgan fingerprint density at radius 1 is 0.500 bits per heavy atom. The zero-order valence-electron chi connectivity index (χ0n) is 19.6. The maximum atomic E-state index is 12.3. The first-order valence-corrected chi connectivity index (χ1v) is 20.9. The molecule has 0 radical (unpaired) electrons. The van der Waals surface area contributed by atoms with E-state index < -0.39 is 44.7 Å². The number of hydrogen-bond acceptors (Lipinski definition) is 4. The molecular weight excluding hydrogens is 850 g/mol. The Kier molecular flexibility index (Phi) is 15.5. The van der Waals surface area contributed by atoms with Crippen molar-refractivity contribution in [1.29, 1.82) is 0 Å². The van der Waals surface area contributed by atoms with Crippen LogP contribution in [0.1, 0.15) is 0 Å². The van der Waals surface area contributed by atoms with E-state index in [1.807, 2.05) is 0 Å². The molecule has 1 rings (SSSR count). The Bertz CT molecular complexity index is 954. The van der Waals surface area contributed by atoms with Crippen LogP contribution in [-0.4, -0.2) is 68.3 Å². The van der Waals surface area contributed by atoms with Crippen LogP contribution in [0.25, 0.3) is 0 Å². The molecule has 0 saturated heterocycles. The van der Waals surface area contributed by atoms with Crippen LogP contribution < -0.4 is 19.6 Å². The van der Waals surface area contributed by atoms with Gasteiger partial charge in [-0.3, -0.25) is 0 Å². The van der Waals surface area contributed by atoms with E-state index in [-0.39, 0.29) is 23.6 Å². The second-order valence-corrected chi connectivity index (χ2v) is 19.2. The molecule has 0 bridgehead atoms. The normalized spacial score (nSPS) is 11.2. The zero-order valence-corrected chi connectivity index (χ0v) is 26.5. The second kappa shape index (κ2) is 18.1. The van der Waals surface area contributed by atoms with Gasteiger partial charge in [0.25, 0.3) is 0 Å². The number of amides is 4. The van der Waals surface area contributed by atoms with E-state index in [9.17, 15) is 19.2 Å². The summed E-state index contributed by atoms with van der Waals surface area (Å²) in [6.07, 6.45) is 17.3. The van der Waals surface area contributed by atoms with Crippen molar-refractivity contribution >= 4 is 74.8 Å². The van der Waals surface area contributed by atoms with Gasteiger partial charge in [-0.25, -0.2) is 0 Å². The first kappa shape index (κ1) is 30.8. The van der Waals surface area contributed by atoms with Gasteiger partial charge in [0, 0.05) is 0 Å². The summed E-state index contributed by atoms with van der Waals surface area (Å²) in [4.78, 5) is 49.1. The summed E-state index contributed by atoms with van der Waals surface area (Å²) in [6, 6.07) is 7.17. The summed E-state index contributed by atoms with van der Waals surface area (Å²) in [6.45, 7) is 14.2. The zero-order chi connectivity index (χ0) is 26.8. The van der Waals surface area contributed by atoms with Crippen molar-refractivity contribution in [3.8, 4) is 0 Å². The number of hydrogen-bond donors (Lipinski definition) is 4. The minimum absolute atomic E-state index is 0.344. The maximum absolute atomic E-state index is 12.3. The average molecular weight is 878 g/mol. The number of nitrogens with one attached hydrogen (secondary N) is 4. The SMILES string of the molecule is C=CC=CC(=O)[NH][Bi]([NH]C(=O)C=CC=C)[c]1cc[c]([Bi]([NH]C(=O)C=CC=C)[NH]C(=O)C=CC=C)cc1. The van der Waals surface area contributed by atoms with Gasteiger partial charge in [0.05, 0.1) is 0 Å². The monoisotopic (exact) mass is 878 g/mol. The standard InChI is InChI=1S/C6H4.4C5H7NO.2Bi/c1-2-4-6-5-3-1;4*1-2-3-4-5(6)7;;/h1-2,5-6H;4*2-4H,1H2,(H2,6,7);;/q;;;;;2*+2/p-4. The third-order valence-electron chi connectivity index (χ3n) is 3.79. The molecular formula is C26H28Bi2N4O4. The van der Waals surface area contributed by atoms with Crippen LogP contribution in [0.2, 0.25) is 0 Å². The van der Waals surface area contributed by atoms with Crippen LogP contribution in [0.15, 0.2) is 123 Å². The Hall–Kier alpha value is -3.21. The van der Waals surface area contributed by atoms with Crippen LogP contribution in [0.5, 0.6) is 0 Å². The van der Waals surface area contributed by atoms with Crippen molar-refractivity contribution in [2.45, 2.75) is 0 Å². The molecule has 8 nitrogen and oxygen atoms in total. The molecule has 0 aliphatic rings. The predicted octanol–water partition coefficient (Wildman–Crippen LogP) is 0.511. The topological polar surface area (TPSA) is 116 Å². The van der Waals surface area contributed by atoms with Crippen LogP contribution in [0.4, 0.5) is 0 Å². The number of carbonyl (C=O) groups excluding carboxylic acids is 4. The third-order valence-corrected chi connectivity index (χ3v) is 17.0. The summed E-state index contributed by atoms with van der Waals surface area (Å²) >= 11 is -6.55. The molecule has 0 aliphatic carbocycles. The number of allylic oxidation sites excluding steroid dienone is 8. The minimum atomic E-state index is -3.27. The third kappa shape index (κ3) is 12.5. The molecule has 0 unspecified atom stereocenters. The van der Waals surface area contributed by atoms with E-state index in [0.29, 0.717) is 0 Å². The van der Waals surface area contributed by atoms with Gasteiger partial charge in [-0.15, -0.1) is 0 Å². The van der Waals surface area contributed by atoms with Crippen molar-refractivity contribution < 1.29 is 19.2 Å². The fraction of sp³-hybridized carbons (Fsp3) is 0. The first-order chi connectivity index (χ1) is 17.3. The Morgan fingerprint density at radius 2 is 0.722 bits per heavy atom. The molecule has 0 fully saturated rings. The predicted molar refractivity (Wildman–Crippen MR) is 147 cm³/mol. The molecule has 0 atom stereocenters. The molecule has 4 N–H and O–H groups in total. The Morgan fingerprint density at radius 3 is 0.917 bits per heavy atom. The number of rotatable bonds is 14. The second-order valence-electron chi connectivity index (χ2n) is 6.47. The molecule has 0 saturated carbocycles. The summed E-state index contributed by atoms with van der Waals surface area (Å²) in [5.74, 6) is -1.37. The van der Waals surface area contributed by atoms with Gasteiger partial charge >= 0.3 is 231 Å². The molecule has 0 spiro atoms. The average Bonchev–Trinajstić information content (AvgIpc) is 2.87. The summed E-state index contributed by atoms with van der Waals surface area (Å²) in [5.41, 5.74) is 0. The molecule has 4 amide bonds. The fourth-order valence-corrected chi connectivity index (χ4v) is 12.8. The first-order valence-electron chi connectivity index (χ1n) is 10.4. The van der Waals surface area contributed by atoms with Crippen molar-refractivity contribution in [2.24, 2.45) is 0 Å². The molecule has 1 aromatic carbocycles. The quantitative estimate of drug-likeness (QED) is 0.124. The van der Waals surface area contributed by atoms with E-state index >= 15 is 0 Å². The molecule has 0 heterocycles. The van der Waals surface area contributed by atoms with E-state index in [1.165, 1.54) is 72.9 Å². The Balaban J connectivity index is 3.24. The van der Waals surface area contributed by atoms with E-state index in [2.05, 4.69) is 39.4 Å². The molecule has 10 heteroatoms. The summed E-state index contributed by atoms with van der Waals surface area (Å²) in [7, 11) is 0. The Labute approximate surface area is 229 Å². The number of benzene rings is 1. The molecule has 186 valence electrons. The van der Waals surface area contributed by atoms with Gasteiger partial charge in [0.15, 0.2) is 0 Å². The van der Waals surface area contributed by atoms with Gasteiger partial charge in [-0.2, -0.15) is 0 Å². The van der Waals surface area contributed by atoms with Gasteiger partial charge in [-0.05, 0) is 0 Å². The number of carbonyl (C=O) groups is 4. The van der Waals surface area contributed by atoms with Crippen molar-refractivity contribution in [1.82, 2.24) is 13.0 Å². The van der Waals surface area contributed by atoms with E-state index in [4.69, 9.17) is 0 Å².